The Kier molecular flexibility index (Phi) is 10.1. The summed E-state index contributed by atoms with van der Waals surface area (Å²) >= 11 is 0. The third-order valence-corrected chi connectivity index (χ3v) is 4.87. The molecule has 1 atom stereocenters. The fraction of sp³-hybridized carbons (Fsp3) is 0.435. The predicted octanol–water partition coefficient (Wildman–Crippen LogP) is 0.452. The van der Waals surface area contributed by atoms with E-state index in [-0.39, 0.29) is 49.2 Å². The number of nitrogens with zero attached hydrogens (tertiary/aromatic N) is 1. The molecule has 1 unspecified atom stereocenters. The summed E-state index contributed by atoms with van der Waals surface area (Å²) in [6, 6.07) is 9.71. The summed E-state index contributed by atoms with van der Waals surface area (Å²) in [4.78, 5) is 59.6. The first-order chi connectivity index (χ1) is 15.3. The average Bonchev–Trinajstić information content (AvgIpc) is 3.08. The van der Waals surface area contributed by atoms with E-state index in [2.05, 4.69) is 16.0 Å². The molecule has 0 spiro atoms. The molecule has 1 heterocycles. The largest absolute Gasteiger partial charge is 0.352 e. The van der Waals surface area contributed by atoms with E-state index < -0.39 is 5.91 Å². The van der Waals surface area contributed by atoms with Crippen molar-refractivity contribution in [1.29, 1.82) is 0 Å². The van der Waals surface area contributed by atoms with Crippen LogP contribution >= 0.6 is 0 Å². The summed E-state index contributed by atoms with van der Waals surface area (Å²) in [5.41, 5.74) is 1.11. The molecule has 0 bridgehead atoms. The summed E-state index contributed by atoms with van der Waals surface area (Å²) in [6.07, 6.45) is 5.30. The molecule has 0 aromatic heterocycles. The van der Waals surface area contributed by atoms with Gasteiger partial charge in [0.25, 0.3) is 11.8 Å². The van der Waals surface area contributed by atoms with Gasteiger partial charge in [-0.25, -0.2) is 0 Å². The maximum Gasteiger partial charge on any atom is 0.253 e. The molecule has 32 heavy (non-hydrogen) atoms. The van der Waals surface area contributed by atoms with E-state index in [0.29, 0.717) is 32.2 Å². The van der Waals surface area contributed by atoms with Crippen LogP contribution in [0.25, 0.3) is 0 Å². The summed E-state index contributed by atoms with van der Waals surface area (Å²) in [5, 5.41) is 7.82. The lowest BCUT2D eigenvalue weighted by atomic mass is 10.1. The van der Waals surface area contributed by atoms with Gasteiger partial charge in [0, 0.05) is 31.2 Å². The zero-order valence-electron chi connectivity index (χ0n) is 18.3. The van der Waals surface area contributed by atoms with Crippen molar-refractivity contribution in [2.24, 2.45) is 0 Å². The van der Waals surface area contributed by atoms with Crippen molar-refractivity contribution < 1.29 is 24.0 Å². The molecule has 0 fully saturated rings. The van der Waals surface area contributed by atoms with Gasteiger partial charge in [-0.2, -0.15) is 0 Å². The van der Waals surface area contributed by atoms with Crippen molar-refractivity contribution in [3.8, 4) is 0 Å². The van der Waals surface area contributed by atoms with Crippen molar-refractivity contribution in [1.82, 2.24) is 20.9 Å². The Bertz CT molecular complexity index is 835. The van der Waals surface area contributed by atoms with Gasteiger partial charge in [0.05, 0.1) is 13.1 Å². The van der Waals surface area contributed by atoms with Crippen LogP contribution in [0.1, 0.15) is 38.2 Å². The molecule has 1 aromatic rings. The van der Waals surface area contributed by atoms with E-state index >= 15 is 0 Å². The number of hydrogen-bond acceptors (Lipinski definition) is 5. The van der Waals surface area contributed by atoms with Crippen LogP contribution in [0.5, 0.6) is 0 Å². The zero-order valence-corrected chi connectivity index (χ0v) is 18.3. The van der Waals surface area contributed by atoms with Gasteiger partial charge in [-0.1, -0.05) is 36.8 Å². The monoisotopic (exact) mass is 442 g/mol. The summed E-state index contributed by atoms with van der Waals surface area (Å²) in [6.45, 7) is 1.87. The first-order valence-electron chi connectivity index (χ1n) is 10.8. The third-order valence-electron chi connectivity index (χ3n) is 4.87. The minimum Gasteiger partial charge on any atom is -0.352 e. The van der Waals surface area contributed by atoms with Crippen LogP contribution in [0.2, 0.25) is 0 Å². The van der Waals surface area contributed by atoms with Crippen LogP contribution in [0, 0.1) is 0 Å². The molecule has 0 saturated carbocycles. The molecule has 9 heteroatoms. The minimum absolute atomic E-state index is 0.0699. The SMILES string of the molecule is CC(Cc1ccccc1)NC(=O)CNC(=O)CNC(=O)CCCCCN1C(=O)C=CC1=O. The number of rotatable bonds is 13. The van der Waals surface area contributed by atoms with Gasteiger partial charge >= 0.3 is 0 Å². The Morgan fingerprint density at radius 1 is 0.844 bits per heavy atom. The standard InChI is InChI=1S/C23H30N4O5/c1-17(14-18-8-4-2-5-9-18)26-21(30)16-25-20(29)15-24-19(28)10-6-3-7-13-27-22(31)11-12-23(27)32/h2,4-5,8-9,11-12,17H,3,6-7,10,13-16H2,1H3,(H,24,28)(H,25,29)(H,26,30). The number of unbranched alkanes of at least 4 members (excludes halogenated alkanes) is 2. The highest BCUT2D eigenvalue weighted by atomic mass is 16.2. The van der Waals surface area contributed by atoms with Crippen LogP contribution in [0.15, 0.2) is 42.5 Å². The van der Waals surface area contributed by atoms with Crippen molar-refractivity contribution in [3.63, 3.8) is 0 Å². The number of carbonyl (C=O) groups excluding carboxylic acids is 5. The molecule has 9 nitrogen and oxygen atoms in total. The Morgan fingerprint density at radius 3 is 2.16 bits per heavy atom. The topological polar surface area (TPSA) is 125 Å². The Morgan fingerprint density at radius 2 is 1.47 bits per heavy atom. The predicted molar refractivity (Wildman–Crippen MR) is 118 cm³/mol. The molecule has 172 valence electrons. The molecule has 0 saturated heterocycles. The van der Waals surface area contributed by atoms with E-state index in [1.165, 1.54) is 17.1 Å². The van der Waals surface area contributed by atoms with Gasteiger partial charge < -0.3 is 16.0 Å². The van der Waals surface area contributed by atoms with Crippen molar-refractivity contribution in [2.45, 2.75) is 45.1 Å². The van der Waals surface area contributed by atoms with Crippen LogP contribution in [-0.4, -0.2) is 60.1 Å². The van der Waals surface area contributed by atoms with Crippen LogP contribution in [0.4, 0.5) is 0 Å². The molecule has 1 aliphatic heterocycles. The van der Waals surface area contributed by atoms with Crippen LogP contribution in [-0.2, 0) is 30.4 Å². The third kappa shape index (κ3) is 9.11. The van der Waals surface area contributed by atoms with Gasteiger partial charge in [0.15, 0.2) is 0 Å². The van der Waals surface area contributed by atoms with E-state index in [1.54, 1.807) is 0 Å². The average molecular weight is 443 g/mol. The van der Waals surface area contributed by atoms with E-state index in [1.807, 2.05) is 37.3 Å². The number of benzene rings is 1. The molecule has 1 aliphatic rings. The zero-order chi connectivity index (χ0) is 23.3. The minimum atomic E-state index is -0.442. The number of amides is 5. The van der Waals surface area contributed by atoms with Crippen molar-refractivity contribution >= 4 is 29.5 Å². The molecular formula is C23H30N4O5. The second-order valence-electron chi connectivity index (χ2n) is 7.68. The molecule has 0 radical (unpaired) electrons. The number of nitrogens with one attached hydrogen (secondary N) is 3. The van der Waals surface area contributed by atoms with Crippen LogP contribution in [0.3, 0.4) is 0 Å². The quantitative estimate of drug-likeness (QED) is 0.302. The smallest absolute Gasteiger partial charge is 0.253 e. The second kappa shape index (κ2) is 13.0. The number of hydrogen-bond donors (Lipinski definition) is 3. The molecule has 1 aromatic carbocycles. The van der Waals surface area contributed by atoms with Crippen LogP contribution < -0.4 is 16.0 Å². The summed E-state index contributed by atoms with van der Waals surface area (Å²) < 4.78 is 0. The highest BCUT2D eigenvalue weighted by molar-refractivity contribution is 6.12. The lowest BCUT2D eigenvalue weighted by molar-refractivity contribution is -0.137. The maximum atomic E-state index is 12.0. The first kappa shape index (κ1) is 24.8. The van der Waals surface area contributed by atoms with Gasteiger partial charge in [0.1, 0.15) is 0 Å². The lowest BCUT2D eigenvalue weighted by Gasteiger charge is -2.14. The Hall–Kier alpha value is -3.49. The number of carbonyl (C=O) groups is 5. The van der Waals surface area contributed by atoms with Gasteiger partial charge in [0.2, 0.25) is 17.7 Å². The highest BCUT2D eigenvalue weighted by Gasteiger charge is 2.22. The van der Waals surface area contributed by atoms with Gasteiger partial charge in [-0.05, 0) is 31.7 Å². The molecule has 0 aliphatic carbocycles. The Balaban J connectivity index is 1.49. The Labute approximate surface area is 187 Å². The summed E-state index contributed by atoms with van der Waals surface area (Å²) in [7, 11) is 0. The molecule has 2 rings (SSSR count). The first-order valence-corrected chi connectivity index (χ1v) is 10.8. The highest BCUT2D eigenvalue weighted by Crippen LogP contribution is 2.07. The molecule has 3 N–H and O–H groups in total. The second-order valence-corrected chi connectivity index (χ2v) is 7.68. The van der Waals surface area contributed by atoms with Gasteiger partial charge in [-0.3, -0.25) is 28.9 Å². The van der Waals surface area contributed by atoms with E-state index in [4.69, 9.17) is 0 Å². The van der Waals surface area contributed by atoms with Gasteiger partial charge in [-0.15, -0.1) is 0 Å². The fourth-order valence-electron chi connectivity index (χ4n) is 3.24. The van der Waals surface area contributed by atoms with Crippen molar-refractivity contribution in [3.05, 3.63) is 48.0 Å². The normalized spacial score (nSPS) is 13.7. The summed E-state index contributed by atoms with van der Waals surface area (Å²) in [5.74, 6) is -1.62. The number of imide groups is 1. The van der Waals surface area contributed by atoms with E-state index in [9.17, 15) is 24.0 Å². The van der Waals surface area contributed by atoms with Crippen molar-refractivity contribution in [2.75, 3.05) is 19.6 Å². The lowest BCUT2D eigenvalue weighted by Crippen LogP contribution is -2.44. The molecular weight excluding hydrogens is 412 g/mol. The maximum absolute atomic E-state index is 12.0. The fourth-order valence-corrected chi connectivity index (χ4v) is 3.24. The molecule has 5 amide bonds. The van der Waals surface area contributed by atoms with E-state index in [0.717, 1.165) is 5.56 Å².